The average molecular weight is 217 g/mol. The Morgan fingerprint density at radius 1 is 1.73 bits per heavy atom. The summed E-state index contributed by atoms with van der Waals surface area (Å²) in [4.78, 5) is 0. The Balaban J connectivity index is 2.45. The van der Waals surface area contributed by atoms with Gasteiger partial charge in [-0.3, -0.25) is 4.68 Å². The summed E-state index contributed by atoms with van der Waals surface area (Å²) in [7, 11) is 1.85. The van der Waals surface area contributed by atoms with Gasteiger partial charge in [-0.25, -0.2) is 0 Å². The zero-order valence-electron chi connectivity index (χ0n) is 6.21. The predicted molar refractivity (Wildman–Crippen MR) is 44.0 cm³/mol. The van der Waals surface area contributed by atoms with E-state index in [2.05, 4.69) is 21.0 Å². The van der Waals surface area contributed by atoms with Gasteiger partial charge in [-0.15, -0.1) is 0 Å². The highest BCUT2D eigenvalue weighted by atomic mass is 79.9. The maximum absolute atomic E-state index is 9.71. The summed E-state index contributed by atoms with van der Waals surface area (Å²) in [5, 5.41) is 13.7. The lowest BCUT2D eigenvalue weighted by atomic mass is 10.2. The molecule has 1 N–H and O–H groups in total. The van der Waals surface area contributed by atoms with Gasteiger partial charge in [-0.05, 0) is 28.8 Å². The maximum Gasteiger partial charge on any atom is 0.109 e. The standard InChI is InChI=1S/C7H9BrN2O/c1-10-6(8)5(4-9-10)7(11)2-3-7/h4,11H,2-3H2,1H3. The van der Waals surface area contributed by atoms with Crippen LogP contribution in [0.5, 0.6) is 0 Å². The molecule has 1 fully saturated rings. The molecule has 0 bridgehead atoms. The molecule has 1 heterocycles. The van der Waals surface area contributed by atoms with Gasteiger partial charge in [0.05, 0.1) is 11.8 Å². The van der Waals surface area contributed by atoms with E-state index in [-0.39, 0.29) is 0 Å². The molecule has 0 radical (unpaired) electrons. The van der Waals surface area contributed by atoms with Crippen molar-refractivity contribution in [3.05, 3.63) is 16.4 Å². The molecule has 0 spiro atoms. The summed E-state index contributed by atoms with van der Waals surface area (Å²) in [5.74, 6) is 0. The molecule has 2 rings (SSSR count). The van der Waals surface area contributed by atoms with Crippen LogP contribution >= 0.6 is 15.9 Å². The average Bonchev–Trinajstić information content (AvgIpc) is 2.60. The van der Waals surface area contributed by atoms with Crippen molar-refractivity contribution >= 4 is 15.9 Å². The molecule has 0 aromatic carbocycles. The molecule has 0 saturated heterocycles. The van der Waals surface area contributed by atoms with Crippen molar-refractivity contribution < 1.29 is 5.11 Å². The second-order valence-corrected chi connectivity index (χ2v) is 3.76. The third-order valence-corrected chi connectivity index (χ3v) is 3.03. The summed E-state index contributed by atoms with van der Waals surface area (Å²) in [6, 6.07) is 0. The Morgan fingerprint density at radius 2 is 2.36 bits per heavy atom. The first-order chi connectivity index (χ1) is 5.13. The van der Waals surface area contributed by atoms with E-state index in [4.69, 9.17) is 0 Å². The number of nitrogens with zero attached hydrogens (tertiary/aromatic N) is 2. The Bertz CT molecular complexity index is 291. The van der Waals surface area contributed by atoms with Crippen LogP contribution in [-0.2, 0) is 12.6 Å². The van der Waals surface area contributed by atoms with Crippen LogP contribution in [0, 0.1) is 0 Å². The molecule has 3 nitrogen and oxygen atoms in total. The fraction of sp³-hybridized carbons (Fsp3) is 0.571. The van der Waals surface area contributed by atoms with Crippen molar-refractivity contribution in [3.8, 4) is 0 Å². The van der Waals surface area contributed by atoms with E-state index < -0.39 is 5.60 Å². The monoisotopic (exact) mass is 216 g/mol. The summed E-state index contributed by atoms with van der Waals surface area (Å²) < 4.78 is 2.60. The molecule has 0 atom stereocenters. The van der Waals surface area contributed by atoms with Gasteiger partial charge in [0.15, 0.2) is 0 Å². The third kappa shape index (κ3) is 1.01. The highest BCUT2D eigenvalue weighted by Crippen LogP contribution is 2.47. The zero-order chi connectivity index (χ0) is 8.06. The molecule has 0 aliphatic heterocycles. The molecule has 0 unspecified atom stereocenters. The van der Waals surface area contributed by atoms with E-state index in [0.717, 1.165) is 23.0 Å². The Hall–Kier alpha value is -0.350. The first-order valence-electron chi connectivity index (χ1n) is 3.54. The number of aliphatic hydroxyl groups is 1. The molecule has 4 heteroatoms. The quantitative estimate of drug-likeness (QED) is 0.766. The number of rotatable bonds is 1. The third-order valence-electron chi connectivity index (χ3n) is 2.09. The minimum atomic E-state index is -0.576. The molecular formula is C7H9BrN2O. The Labute approximate surface area is 73.2 Å². The van der Waals surface area contributed by atoms with E-state index in [9.17, 15) is 5.11 Å². The van der Waals surface area contributed by atoms with Gasteiger partial charge < -0.3 is 5.11 Å². The normalized spacial score (nSPS) is 20.3. The number of aryl methyl sites for hydroxylation is 1. The molecule has 11 heavy (non-hydrogen) atoms. The highest BCUT2D eigenvalue weighted by molar-refractivity contribution is 9.10. The molecule has 1 aliphatic rings. The van der Waals surface area contributed by atoms with E-state index in [1.807, 2.05) is 7.05 Å². The first-order valence-corrected chi connectivity index (χ1v) is 4.33. The van der Waals surface area contributed by atoms with Gasteiger partial charge in [-0.1, -0.05) is 0 Å². The van der Waals surface area contributed by atoms with E-state index in [1.165, 1.54) is 0 Å². The highest BCUT2D eigenvalue weighted by Gasteiger charge is 2.44. The van der Waals surface area contributed by atoms with Crippen LogP contribution in [0.2, 0.25) is 0 Å². The van der Waals surface area contributed by atoms with Crippen molar-refractivity contribution in [2.45, 2.75) is 18.4 Å². The number of hydrogen-bond donors (Lipinski definition) is 1. The SMILES string of the molecule is Cn1ncc(C2(O)CC2)c1Br. The molecule has 1 aromatic heterocycles. The topological polar surface area (TPSA) is 38.0 Å². The van der Waals surface area contributed by atoms with Gasteiger partial charge in [0.1, 0.15) is 4.60 Å². The number of halogens is 1. The van der Waals surface area contributed by atoms with E-state index in [1.54, 1.807) is 10.9 Å². The minimum absolute atomic E-state index is 0.576. The maximum atomic E-state index is 9.71. The van der Waals surface area contributed by atoms with Crippen molar-refractivity contribution in [1.29, 1.82) is 0 Å². The predicted octanol–water partition coefficient (Wildman–Crippen LogP) is 1.16. The Morgan fingerprint density at radius 3 is 2.73 bits per heavy atom. The fourth-order valence-corrected chi connectivity index (χ4v) is 1.69. The van der Waals surface area contributed by atoms with Crippen molar-refractivity contribution in [3.63, 3.8) is 0 Å². The zero-order valence-corrected chi connectivity index (χ0v) is 7.80. The lowest BCUT2D eigenvalue weighted by molar-refractivity contribution is 0.150. The largest absolute Gasteiger partial charge is 0.385 e. The summed E-state index contributed by atoms with van der Waals surface area (Å²) in [6.07, 6.45) is 3.44. The minimum Gasteiger partial charge on any atom is -0.385 e. The molecule has 60 valence electrons. The molecular weight excluding hydrogens is 208 g/mol. The lowest BCUT2D eigenvalue weighted by Gasteiger charge is -2.03. The molecule has 1 saturated carbocycles. The number of aromatic nitrogens is 2. The van der Waals surface area contributed by atoms with Gasteiger partial charge in [0.25, 0.3) is 0 Å². The van der Waals surface area contributed by atoms with Gasteiger partial charge in [0, 0.05) is 12.6 Å². The second kappa shape index (κ2) is 2.08. The smallest absolute Gasteiger partial charge is 0.109 e. The van der Waals surface area contributed by atoms with Crippen molar-refractivity contribution in [2.75, 3.05) is 0 Å². The van der Waals surface area contributed by atoms with Crippen molar-refractivity contribution in [2.24, 2.45) is 7.05 Å². The summed E-state index contributed by atoms with van der Waals surface area (Å²) >= 11 is 3.37. The van der Waals surface area contributed by atoms with Gasteiger partial charge in [-0.2, -0.15) is 5.10 Å². The van der Waals surface area contributed by atoms with E-state index in [0.29, 0.717) is 0 Å². The van der Waals surface area contributed by atoms with Crippen molar-refractivity contribution in [1.82, 2.24) is 9.78 Å². The fourth-order valence-electron chi connectivity index (χ4n) is 1.12. The van der Waals surface area contributed by atoms with Crippen LogP contribution in [0.1, 0.15) is 18.4 Å². The Kier molecular flexibility index (Phi) is 1.38. The van der Waals surface area contributed by atoms with Crippen LogP contribution < -0.4 is 0 Å². The summed E-state index contributed by atoms with van der Waals surface area (Å²) in [5.41, 5.74) is 0.340. The molecule has 0 amide bonds. The number of hydrogen-bond acceptors (Lipinski definition) is 2. The first kappa shape index (κ1) is 7.31. The van der Waals surface area contributed by atoms with Crippen LogP contribution in [0.4, 0.5) is 0 Å². The molecule has 1 aliphatic carbocycles. The van der Waals surface area contributed by atoms with Crippen LogP contribution in [0.25, 0.3) is 0 Å². The van der Waals surface area contributed by atoms with Crippen LogP contribution in [0.15, 0.2) is 10.8 Å². The van der Waals surface area contributed by atoms with Crippen LogP contribution in [-0.4, -0.2) is 14.9 Å². The van der Waals surface area contributed by atoms with E-state index >= 15 is 0 Å². The van der Waals surface area contributed by atoms with Gasteiger partial charge in [0.2, 0.25) is 0 Å². The van der Waals surface area contributed by atoms with Gasteiger partial charge >= 0.3 is 0 Å². The summed E-state index contributed by atoms with van der Waals surface area (Å²) in [6.45, 7) is 0. The lowest BCUT2D eigenvalue weighted by Crippen LogP contribution is -2.03. The second-order valence-electron chi connectivity index (χ2n) is 3.00. The van der Waals surface area contributed by atoms with Crippen LogP contribution in [0.3, 0.4) is 0 Å². The molecule has 1 aromatic rings.